The molecule has 0 heterocycles. The molecule has 3 rings (SSSR count). The molecule has 0 unspecified atom stereocenters. The quantitative estimate of drug-likeness (QED) is 0.790. The van der Waals surface area contributed by atoms with Crippen molar-refractivity contribution in [2.75, 3.05) is 17.2 Å². The molecule has 0 bridgehead atoms. The minimum atomic E-state index is -0.293. The highest BCUT2D eigenvalue weighted by Gasteiger charge is 2.34. The van der Waals surface area contributed by atoms with Crippen LogP contribution in [0.2, 0.25) is 0 Å². The standard InChI is InChI=1S/C13H17FN2/c14-11-2-1-3-12(13(11)15)16(10-6-7-10)8-9-4-5-9/h1-3,9-10H,4-8,15H2. The first-order valence-corrected chi connectivity index (χ1v) is 6.06. The lowest BCUT2D eigenvalue weighted by molar-refractivity contribution is 0.630. The first-order chi connectivity index (χ1) is 7.75. The van der Waals surface area contributed by atoms with Gasteiger partial charge >= 0.3 is 0 Å². The molecule has 0 aromatic heterocycles. The van der Waals surface area contributed by atoms with Gasteiger partial charge in [-0.1, -0.05) is 6.07 Å². The first kappa shape index (κ1) is 9.94. The van der Waals surface area contributed by atoms with Gasteiger partial charge in [-0.15, -0.1) is 0 Å². The second-order valence-corrected chi connectivity index (χ2v) is 5.00. The van der Waals surface area contributed by atoms with E-state index >= 15 is 0 Å². The highest BCUT2D eigenvalue weighted by Crippen LogP contribution is 2.39. The SMILES string of the molecule is Nc1c(F)cccc1N(CC1CC1)C1CC1. The zero-order valence-corrected chi connectivity index (χ0v) is 9.32. The van der Waals surface area contributed by atoms with Gasteiger partial charge < -0.3 is 10.6 Å². The average molecular weight is 220 g/mol. The zero-order valence-electron chi connectivity index (χ0n) is 9.32. The van der Waals surface area contributed by atoms with E-state index in [0.717, 1.165) is 18.2 Å². The number of nitrogens with zero attached hydrogens (tertiary/aromatic N) is 1. The van der Waals surface area contributed by atoms with Crippen LogP contribution in [0, 0.1) is 11.7 Å². The van der Waals surface area contributed by atoms with Gasteiger partial charge in [0, 0.05) is 12.6 Å². The predicted molar refractivity (Wildman–Crippen MR) is 63.9 cm³/mol. The van der Waals surface area contributed by atoms with Gasteiger partial charge in [-0.3, -0.25) is 0 Å². The fourth-order valence-corrected chi connectivity index (χ4v) is 2.19. The Balaban J connectivity index is 1.88. The number of benzene rings is 1. The van der Waals surface area contributed by atoms with Gasteiger partial charge in [0.1, 0.15) is 5.82 Å². The molecule has 2 N–H and O–H groups in total. The maximum Gasteiger partial charge on any atom is 0.148 e. The van der Waals surface area contributed by atoms with Crippen LogP contribution in [0.25, 0.3) is 0 Å². The van der Waals surface area contributed by atoms with E-state index < -0.39 is 0 Å². The molecule has 0 atom stereocenters. The summed E-state index contributed by atoms with van der Waals surface area (Å²) < 4.78 is 13.4. The Bertz CT molecular complexity index is 397. The molecular formula is C13H17FN2. The van der Waals surface area contributed by atoms with Gasteiger partial charge in [-0.05, 0) is 43.7 Å². The second-order valence-electron chi connectivity index (χ2n) is 5.00. The summed E-state index contributed by atoms with van der Waals surface area (Å²) in [5, 5.41) is 0. The molecule has 1 aromatic rings. The third-order valence-corrected chi connectivity index (χ3v) is 3.48. The number of nitrogens with two attached hydrogens (primary N) is 1. The summed E-state index contributed by atoms with van der Waals surface area (Å²) in [5.41, 5.74) is 7.04. The first-order valence-electron chi connectivity index (χ1n) is 6.06. The Morgan fingerprint density at radius 2 is 2.00 bits per heavy atom. The van der Waals surface area contributed by atoms with Crippen molar-refractivity contribution >= 4 is 11.4 Å². The minimum absolute atomic E-state index is 0.293. The van der Waals surface area contributed by atoms with E-state index in [9.17, 15) is 4.39 Å². The molecule has 2 nitrogen and oxygen atoms in total. The lowest BCUT2D eigenvalue weighted by Gasteiger charge is -2.26. The molecule has 0 radical (unpaired) electrons. The van der Waals surface area contributed by atoms with Gasteiger partial charge in [-0.2, -0.15) is 0 Å². The molecule has 3 heteroatoms. The van der Waals surface area contributed by atoms with Crippen molar-refractivity contribution in [3.8, 4) is 0 Å². The molecule has 0 amide bonds. The van der Waals surface area contributed by atoms with Crippen molar-refractivity contribution in [1.82, 2.24) is 0 Å². The number of hydrogen-bond acceptors (Lipinski definition) is 2. The Hall–Kier alpha value is -1.25. The van der Waals surface area contributed by atoms with E-state index in [1.807, 2.05) is 6.07 Å². The van der Waals surface area contributed by atoms with Gasteiger partial charge in [0.2, 0.25) is 0 Å². The van der Waals surface area contributed by atoms with E-state index in [4.69, 9.17) is 5.73 Å². The number of hydrogen-bond donors (Lipinski definition) is 1. The molecule has 2 saturated carbocycles. The summed E-state index contributed by atoms with van der Waals surface area (Å²) in [6.45, 7) is 1.05. The molecule has 0 saturated heterocycles. The van der Waals surface area contributed by atoms with Crippen LogP contribution in [0.1, 0.15) is 25.7 Å². The molecule has 86 valence electrons. The van der Waals surface area contributed by atoms with Crippen LogP contribution in [0.4, 0.5) is 15.8 Å². The second kappa shape index (κ2) is 3.65. The molecule has 16 heavy (non-hydrogen) atoms. The van der Waals surface area contributed by atoms with E-state index in [0.29, 0.717) is 11.7 Å². The molecule has 2 aliphatic rings. The summed E-state index contributed by atoms with van der Waals surface area (Å²) in [6.07, 6.45) is 5.09. The monoisotopic (exact) mass is 220 g/mol. The molecule has 2 aliphatic carbocycles. The van der Waals surface area contributed by atoms with Crippen LogP contribution < -0.4 is 10.6 Å². The summed E-state index contributed by atoms with van der Waals surface area (Å²) >= 11 is 0. The van der Waals surface area contributed by atoms with Crippen molar-refractivity contribution in [2.24, 2.45) is 5.92 Å². The lowest BCUT2D eigenvalue weighted by atomic mass is 10.2. The third kappa shape index (κ3) is 1.86. The topological polar surface area (TPSA) is 29.3 Å². The molecule has 0 aliphatic heterocycles. The highest BCUT2D eigenvalue weighted by molar-refractivity contribution is 5.69. The van der Waals surface area contributed by atoms with Crippen molar-refractivity contribution in [1.29, 1.82) is 0 Å². The Morgan fingerprint density at radius 3 is 2.62 bits per heavy atom. The fraction of sp³-hybridized carbons (Fsp3) is 0.538. The maximum atomic E-state index is 13.4. The van der Waals surface area contributed by atoms with Crippen LogP contribution >= 0.6 is 0 Å². The van der Waals surface area contributed by atoms with E-state index in [2.05, 4.69) is 4.90 Å². The number of rotatable bonds is 4. The molecule has 2 fully saturated rings. The fourth-order valence-electron chi connectivity index (χ4n) is 2.19. The van der Waals surface area contributed by atoms with E-state index in [1.165, 1.54) is 31.7 Å². The number of anilines is 2. The Morgan fingerprint density at radius 1 is 1.25 bits per heavy atom. The van der Waals surface area contributed by atoms with Crippen LogP contribution in [0.15, 0.2) is 18.2 Å². The number of halogens is 1. The molecular weight excluding hydrogens is 203 g/mol. The number of para-hydroxylation sites is 1. The molecule has 0 spiro atoms. The molecule has 1 aromatic carbocycles. The summed E-state index contributed by atoms with van der Waals surface area (Å²) in [5.74, 6) is 0.516. The summed E-state index contributed by atoms with van der Waals surface area (Å²) in [6, 6.07) is 5.73. The van der Waals surface area contributed by atoms with Crippen LogP contribution in [-0.4, -0.2) is 12.6 Å². The Kier molecular flexibility index (Phi) is 2.27. The van der Waals surface area contributed by atoms with Gasteiger partial charge in [0.05, 0.1) is 11.4 Å². The largest absolute Gasteiger partial charge is 0.395 e. The van der Waals surface area contributed by atoms with Gasteiger partial charge in [0.15, 0.2) is 0 Å². The van der Waals surface area contributed by atoms with Gasteiger partial charge in [-0.25, -0.2) is 4.39 Å². The van der Waals surface area contributed by atoms with Crippen molar-refractivity contribution in [2.45, 2.75) is 31.7 Å². The van der Waals surface area contributed by atoms with Crippen LogP contribution in [0.3, 0.4) is 0 Å². The zero-order chi connectivity index (χ0) is 11.1. The normalized spacial score (nSPS) is 19.8. The van der Waals surface area contributed by atoms with Crippen molar-refractivity contribution in [3.63, 3.8) is 0 Å². The lowest BCUT2D eigenvalue weighted by Crippen LogP contribution is -2.29. The number of nitrogen functional groups attached to an aromatic ring is 1. The van der Waals surface area contributed by atoms with Gasteiger partial charge in [0.25, 0.3) is 0 Å². The van der Waals surface area contributed by atoms with Crippen LogP contribution in [-0.2, 0) is 0 Å². The minimum Gasteiger partial charge on any atom is -0.395 e. The summed E-state index contributed by atoms with van der Waals surface area (Å²) in [7, 11) is 0. The van der Waals surface area contributed by atoms with E-state index in [-0.39, 0.29) is 5.82 Å². The predicted octanol–water partition coefficient (Wildman–Crippen LogP) is 2.79. The van der Waals surface area contributed by atoms with Crippen molar-refractivity contribution < 1.29 is 4.39 Å². The van der Waals surface area contributed by atoms with Crippen LogP contribution in [0.5, 0.6) is 0 Å². The van der Waals surface area contributed by atoms with Crippen molar-refractivity contribution in [3.05, 3.63) is 24.0 Å². The smallest absolute Gasteiger partial charge is 0.148 e. The van der Waals surface area contributed by atoms with E-state index in [1.54, 1.807) is 6.07 Å². The summed E-state index contributed by atoms with van der Waals surface area (Å²) in [4.78, 5) is 2.32. The third-order valence-electron chi connectivity index (χ3n) is 3.48. The Labute approximate surface area is 95.2 Å². The average Bonchev–Trinajstić information content (AvgIpc) is 3.14. The highest BCUT2D eigenvalue weighted by atomic mass is 19.1. The maximum absolute atomic E-state index is 13.4.